The van der Waals surface area contributed by atoms with Crippen LogP contribution in [0, 0.1) is 11.7 Å². The number of hydrogen-bond acceptors (Lipinski definition) is 5. The van der Waals surface area contributed by atoms with Crippen molar-refractivity contribution in [2.75, 3.05) is 40.4 Å². The summed E-state index contributed by atoms with van der Waals surface area (Å²) in [5.41, 5.74) is -0.378. The maximum Gasteiger partial charge on any atom is 0.409 e. The summed E-state index contributed by atoms with van der Waals surface area (Å²) in [5.74, 6) is -0.205. The first-order chi connectivity index (χ1) is 17.0. The summed E-state index contributed by atoms with van der Waals surface area (Å²) in [4.78, 5) is 14.1. The Kier molecular flexibility index (Phi) is 8.53. The van der Waals surface area contributed by atoms with Crippen LogP contribution in [0.25, 0.3) is 0 Å². The number of piperidine rings is 1. The van der Waals surface area contributed by atoms with Crippen molar-refractivity contribution >= 4 is 16.3 Å². The predicted molar refractivity (Wildman–Crippen MR) is 131 cm³/mol. The molecule has 36 heavy (non-hydrogen) atoms. The first-order valence-electron chi connectivity index (χ1n) is 12.7. The molecule has 1 aromatic rings. The van der Waals surface area contributed by atoms with Crippen LogP contribution >= 0.6 is 0 Å². The summed E-state index contributed by atoms with van der Waals surface area (Å²) >= 11 is 0. The second-order valence-corrected chi connectivity index (χ2v) is 12.5. The van der Waals surface area contributed by atoms with Gasteiger partial charge in [-0.15, -0.1) is 0 Å². The van der Waals surface area contributed by atoms with Crippen LogP contribution in [0.15, 0.2) is 24.3 Å². The summed E-state index contributed by atoms with van der Waals surface area (Å²) < 4.78 is 67.7. The highest BCUT2D eigenvalue weighted by Gasteiger charge is 2.45. The zero-order chi connectivity index (χ0) is 25.9. The molecule has 4 rings (SSSR count). The second kappa shape index (κ2) is 11.3. The molecular weight excluding hydrogens is 492 g/mol. The molecule has 202 valence electrons. The molecule has 11 heteroatoms. The normalized spacial score (nSPS) is 28.2. The van der Waals surface area contributed by atoms with Crippen molar-refractivity contribution in [3.05, 3.63) is 35.6 Å². The second-order valence-electron chi connectivity index (χ2n) is 10.6. The van der Waals surface area contributed by atoms with E-state index in [9.17, 15) is 22.0 Å². The van der Waals surface area contributed by atoms with Crippen molar-refractivity contribution in [2.45, 2.75) is 68.7 Å². The number of amides is 1. The summed E-state index contributed by atoms with van der Waals surface area (Å²) in [6.45, 7) is 0.618. The van der Waals surface area contributed by atoms with Gasteiger partial charge in [0.1, 0.15) is 18.1 Å². The molecule has 2 atom stereocenters. The fraction of sp³-hybridized carbons (Fsp3) is 0.720. The zero-order valence-electron chi connectivity index (χ0n) is 21.0. The van der Waals surface area contributed by atoms with Gasteiger partial charge in [0, 0.05) is 39.1 Å². The summed E-state index contributed by atoms with van der Waals surface area (Å²) in [5, 5.41) is 0. The number of nitrogens with one attached hydrogen (secondary N) is 1. The Morgan fingerprint density at radius 1 is 1.19 bits per heavy atom. The SMILES string of the molecule is CN(C)S(=O)(=O)N[C@H]1CCN(C(=O)OCC2(F)CC2)CC1COC1CCC(c2cccc(F)c2)CC1. The van der Waals surface area contributed by atoms with Gasteiger partial charge in [-0.05, 0) is 68.6 Å². The minimum atomic E-state index is -3.66. The van der Waals surface area contributed by atoms with E-state index in [1.165, 1.54) is 25.1 Å². The number of benzene rings is 1. The summed E-state index contributed by atoms with van der Waals surface area (Å²) in [6, 6.07) is 6.34. The third kappa shape index (κ3) is 7.14. The maximum atomic E-state index is 13.9. The standard InChI is InChI=1S/C25H37F2N3O5S/c1-29(2)36(32,33)28-23-10-13-30(24(31)35-17-25(27)11-12-25)15-20(23)16-34-22-8-6-18(7-9-22)19-4-3-5-21(26)14-19/h3-5,14,18,20,22-23,28H,6-13,15-17H2,1-2H3/t18?,20?,22?,23-/m0/s1. The van der Waals surface area contributed by atoms with Gasteiger partial charge >= 0.3 is 6.09 Å². The predicted octanol–water partition coefficient (Wildman–Crippen LogP) is 3.59. The van der Waals surface area contributed by atoms with Gasteiger partial charge in [0.2, 0.25) is 0 Å². The monoisotopic (exact) mass is 529 g/mol. The Morgan fingerprint density at radius 2 is 1.92 bits per heavy atom. The Balaban J connectivity index is 1.33. The number of carbonyl (C=O) groups is 1. The van der Waals surface area contributed by atoms with E-state index in [4.69, 9.17) is 9.47 Å². The molecule has 0 bridgehead atoms. The van der Waals surface area contributed by atoms with Crippen LogP contribution < -0.4 is 4.72 Å². The van der Waals surface area contributed by atoms with E-state index in [-0.39, 0.29) is 37.6 Å². The summed E-state index contributed by atoms with van der Waals surface area (Å²) in [7, 11) is -0.741. The van der Waals surface area contributed by atoms with Gasteiger partial charge in [0.15, 0.2) is 0 Å². The molecule has 1 heterocycles. The lowest BCUT2D eigenvalue weighted by Crippen LogP contribution is -2.55. The van der Waals surface area contributed by atoms with E-state index < -0.39 is 28.0 Å². The molecule has 8 nitrogen and oxygen atoms in total. The van der Waals surface area contributed by atoms with Gasteiger partial charge in [-0.25, -0.2) is 13.6 Å². The molecule has 1 unspecified atom stereocenters. The lowest BCUT2D eigenvalue weighted by atomic mass is 9.82. The van der Waals surface area contributed by atoms with Crippen LogP contribution in [0.1, 0.15) is 56.4 Å². The third-order valence-electron chi connectivity index (χ3n) is 7.56. The van der Waals surface area contributed by atoms with E-state index >= 15 is 0 Å². The molecule has 1 aromatic carbocycles. The molecule has 3 fully saturated rings. The Bertz CT molecular complexity index is 1010. The summed E-state index contributed by atoms with van der Waals surface area (Å²) in [6.07, 6.45) is 4.09. The van der Waals surface area contributed by atoms with Crippen molar-refractivity contribution in [1.29, 1.82) is 0 Å². The van der Waals surface area contributed by atoms with E-state index in [1.807, 2.05) is 6.07 Å². The largest absolute Gasteiger partial charge is 0.446 e. The maximum absolute atomic E-state index is 13.9. The number of ether oxygens (including phenoxy) is 2. The van der Waals surface area contributed by atoms with Gasteiger partial charge < -0.3 is 14.4 Å². The molecule has 3 aliphatic rings. The van der Waals surface area contributed by atoms with Crippen LogP contribution in [-0.2, 0) is 19.7 Å². The molecule has 1 aliphatic heterocycles. The fourth-order valence-corrected chi connectivity index (χ4v) is 5.87. The van der Waals surface area contributed by atoms with Crippen LogP contribution in [0.2, 0.25) is 0 Å². The van der Waals surface area contributed by atoms with Crippen molar-refractivity contribution in [1.82, 2.24) is 13.9 Å². The zero-order valence-corrected chi connectivity index (χ0v) is 21.8. The first-order valence-corrected chi connectivity index (χ1v) is 14.2. The minimum absolute atomic E-state index is 0.0181. The lowest BCUT2D eigenvalue weighted by Gasteiger charge is -2.39. The van der Waals surface area contributed by atoms with Gasteiger partial charge in [-0.3, -0.25) is 0 Å². The van der Waals surface area contributed by atoms with E-state index in [1.54, 1.807) is 12.1 Å². The van der Waals surface area contributed by atoms with Crippen LogP contribution in [0.4, 0.5) is 13.6 Å². The number of alkyl halides is 1. The Labute approximate surface area is 212 Å². The molecule has 0 spiro atoms. The first kappa shape index (κ1) is 27.2. The smallest absolute Gasteiger partial charge is 0.409 e. The number of halogens is 2. The van der Waals surface area contributed by atoms with Gasteiger partial charge in [-0.1, -0.05) is 12.1 Å². The average Bonchev–Trinajstić information content (AvgIpc) is 3.59. The van der Waals surface area contributed by atoms with Crippen molar-refractivity contribution < 1.29 is 31.5 Å². The molecule has 0 radical (unpaired) electrons. The minimum Gasteiger partial charge on any atom is -0.446 e. The molecule has 2 saturated carbocycles. The number of carbonyl (C=O) groups excluding carboxylic acids is 1. The third-order valence-corrected chi connectivity index (χ3v) is 9.12. The van der Waals surface area contributed by atoms with E-state index in [0.717, 1.165) is 35.6 Å². The van der Waals surface area contributed by atoms with Gasteiger partial charge in [0.05, 0.1) is 12.7 Å². The highest BCUT2D eigenvalue weighted by molar-refractivity contribution is 7.87. The van der Waals surface area contributed by atoms with Crippen LogP contribution in [0.3, 0.4) is 0 Å². The molecule has 2 aliphatic carbocycles. The number of nitrogens with zero attached hydrogens (tertiary/aromatic N) is 2. The molecular formula is C25H37F2N3O5S. The van der Waals surface area contributed by atoms with E-state index in [2.05, 4.69) is 4.72 Å². The highest BCUT2D eigenvalue weighted by Crippen LogP contribution is 2.40. The van der Waals surface area contributed by atoms with Gasteiger partial charge in [0.25, 0.3) is 10.2 Å². The highest BCUT2D eigenvalue weighted by atomic mass is 32.2. The number of hydrogen-bond donors (Lipinski definition) is 1. The lowest BCUT2D eigenvalue weighted by molar-refractivity contribution is -0.0182. The van der Waals surface area contributed by atoms with E-state index in [0.29, 0.717) is 31.7 Å². The Morgan fingerprint density at radius 3 is 2.56 bits per heavy atom. The average molecular weight is 530 g/mol. The Hall–Kier alpha value is -1.82. The topological polar surface area (TPSA) is 88.2 Å². The van der Waals surface area contributed by atoms with Crippen molar-refractivity contribution in [2.24, 2.45) is 5.92 Å². The van der Waals surface area contributed by atoms with Crippen LogP contribution in [-0.4, -0.2) is 81.9 Å². The molecule has 1 saturated heterocycles. The van der Waals surface area contributed by atoms with Crippen molar-refractivity contribution in [3.8, 4) is 0 Å². The molecule has 1 amide bonds. The van der Waals surface area contributed by atoms with Crippen LogP contribution in [0.5, 0.6) is 0 Å². The van der Waals surface area contributed by atoms with Gasteiger partial charge in [-0.2, -0.15) is 17.4 Å². The fourth-order valence-electron chi connectivity index (χ4n) is 4.96. The number of likely N-dealkylation sites (tertiary alicyclic amines) is 1. The molecule has 1 N–H and O–H groups in total. The quantitative estimate of drug-likeness (QED) is 0.528. The number of rotatable bonds is 9. The van der Waals surface area contributed by atoms with Crippen molar-refractivity contribution in [3.63, 3.8) is 0 Å². The molecule has 0 aromatic heterocycles.